The third-order valence-corrected chi connectivity index (χ3v) is 4.88. The predicted molar refractivity (Wildman–Crippen MR) is 93.5 cm³/mol. The van der Waals surface area contributed by atoms with E-state index >= 15 is 0 Å². The zero-order chi connectivity index (χ0) is 16.3. The van der Waals surface area contributed by atoms with Gasteiger partial charge in [-0.1, -0.05) is 42.5 Å². The first-order chi connectivity index (χ1) is 11.2. The highest BCUT2D eigenvalue weighted by molar-refractivity contribution is 5.70. The van der Waals surface area contributed by atoms with E-state index in [2.05, 4.69) is 42.6 Å². The molecule has 1 fully saturated rings. The highest BCUT2D eigenvalue weighted by Crippen LogP contribution is 2.39. The van der Waals surface area contributed by atoms with Crippen LogP contribution in [0.3, 0.4) is 0 Å². The molecule has 2 aromatic carbocycles. The van der Waals surface area contributed by atoms with Gasteiger partial charge in [0.15, 0.2) is 0 Å². The van der Waals surface area contributed by atoms with Gasteiger partial charge in [-0.05, 0) is 42.9 Å². The van der Waals surface area contributed by atoms with Crippen LogP contribution in [0.5, 0.6) is 5.75 Å². The molecule has 0 saturated heterocycles. The SMILES string of the molecule is COc1ccccc1-c1ccc(CNC(C)(CO)C2CC2)cc1. The van der Waals surface area contributed by atoms with Gasteiger partial charge in [-0.25, -0.2) is 0 Å². The molecule has 1 aliphatic carbocycles. The Labute approximate surface area is 138 Å². The first-order valence-corrected chi connectivity index (χ1v) is 8.24. The van der Waals surface area contributed by atoms with Crippen molar-refractivity contribution in [3.8, 4) is 16.9 Å². The Kier molecular flexibility index (Phi) is 4.69. The molecule has 1 aliphatic rings. The smallest absolute Gasteiger partial charge is 0.126 e. The molecule has 122 valence electrons. The molecule has 0 radical (unpaired) electrons. The topological polar surface area (TPSA) is 41.5 Å². The monoisotopic (exact) mass is 311 g/mol. The van der Waals surface area contributed by atoms with E-state index in [4.69, 9.17) is 4.74 Å². The summed E-state index contributed by atoms with van der Waals surface area (Å²) in [6.07, 6.45) is 2.44. The zero-order valence-corrected chi connectivity index (χ0v) is 13.9. The Morgan fingerprint density at radius 1 is 1.13 bits per heavy atom. The number of methoxy groups -OCH3 is 1. The molecule has 0 amide bonds. The number of ether oxygens (including phenoxy) is 1. The molecule has 2 N–H and O–H groups in total. The molecular weight excluding hydrogens is 286 g/mol. The zero-order valence-electron chi connectivity index (χ0n) is 13.9. The molecule has 0 aromatic heterocycles. The third kappa shape index (κ3) is 3.57. The van der Waals surface area contributed by atoms with Gasteiger partial charge in [0.2, 0.25) is 0 Å². The predicted octanol–water partition coefficient (Wildman–Crippen LogP) is 3.61. The van der Waals surface area contributed by atoms with E-state index < -0.39 is 0 Å². The van der Waals surface area contributed by atoms with Crippen molar-refractivity contribution in [2.24, 2.45) is 5.92 Å². The third-order valence-electron chi connectivity index (χ3n) is 4.88. The number of nitrogens with one attached hydrogen (secondary N) is 1. The summed E-state index contributed by atoms with van der Waals surface area (Å²) in [6.45, 7) is 3.09. The van der Waals surface area contributed by atoms with E-state index in [1.807, 2.05) is 18.2 Å². The van der Waals surface area contributed by atoms with Crippen molar-refractivity contribution in [2.75, 3.05) is 13.7 Å². The second-order valence-electron chi connectivity index (χ2n) is 6.60. The molecule has 0 bridgehead atoms. The van der Waals surface area contributed by atoms with Crippen molar-refractivity contribution < 1.29 is 9.84 Å². The number of para-hydroxylation sites is 1. The van der Waals surface area contributed by atoms with Gasteiger partial charge in [-0.2, -0.15) is 0 Å². The fourth-order valence-corrected chi connectivity index (χ4v) is 3.04. The Balaban J connectivity index is 1.70. The number of rotatable bonds is 7. The number of hydrogen-bond acceptors (Lipinski definition) is 3. The Bertz CT molecular complexity index is 649. The summed E-state index contributed by atoms with van der Waals surface area (Å²) >= 11 is 0. The minimum absolute atomic E-state index is 0.151. The minimum atomic E-state index is -0.151. The summed E-state index contributed by atoms with van der Waals surface area (Å²) in [6, 6.07) is 16.6. The molecule has 3 rings (SSSR count). The molecule has 1 saturated carbocycles. The summed E-state index contributed by atoms with van der Waals surface area (Å²) in [4.78, 5) is 0. The molecule has 23 heavy (non-hydrogen) atoms. The maximum absolute atomic E-state index is 9.65. The summed E-state index contributed by atoms with van der Waals surface area (Å²) in [5.41, 5.74) is 3.33. The second kappa shape index (κ2) is 6.73. The average molecular weight is 311 g/mol. The fourth-order valence-electron chi connectivity index (χ4n) is 3.04. The van der Waals surface area contributed by atoms with Crippen molar-refractivity contribution in [2.45, 2.75) is 31.8 Å². The molecule has 0 aliphatic heterocycles. The summed E-state index contributed by atoms with van der Waals surface area (Å²) in [5, 5.41) is 13.2. The molecular formula is C20H25NO2. The van der Waals surface area contributed by atoms with E-state index in [1.165, 1.54) is 18.4 Å². The maximum Gasteiger partial charge on any atom is 0.126 e. The minimum Gasteiger partial charge on any atom is -0.496 e. The van der Waals surface area contributed by atoms with E-state index in [9.17, 15) is 5.11 Å². The van der Waals surface area contributed by atoms with Crippen LogP contribution in [-0.4, -0.2) is 24.4 Å². The van der Waals surface area contributed by atoms with Gasteiger partial charge < -0.3 is 15.2 Å². The van der Waals surface area contributed by atoms with Gasteiger partial charge in [-0.3, -0.25) is 0 Å². The summed E-state index contributed by atoms with van der Waals surface area (Å²) in [5.74, 6) is 1.50. The van der Waals surface area contributed by atoms with Gasteiger partial charge >= 0.3 is 0 Å². The number of aliphatic hydroxyl groups is 1. The van der Waals surface area contributed by atoms with Gasteiger partial charge in [0, 0.05) is 17.6 Å². The van der Waals surface area contributed by atoms with E-state index in [1.54, 1.807) is 7.11 Å². The quantitative estimate of drug-likeness (QED) is 0.821. The van der Waals surface area contributed by atoms with Crippen molar-refractivity contribution in [1.82, 2.24) is 5.32 Å². The van der Waals surface area contributed by atoms with Crippen LogP contribution in [-0.2, 0) is 6.54 Å². The highest BCUT2D eigenvalue weighted by Gasteiger charge is 2.40. The van der Waals surface area contributed by atoms with E-state index in [0.717, 1.165) is 23.4 Å². The lowest BCUT2D eigenvalue weighted by Crippen LogP contribution is -2.47. The van der Waals surface area contributed by atoms with Crippen LogP contribution < -0.4 is 10.1 Å². The summed E-state index contributed by atoms with van der Waals surface area (Å²) in [7, 11) is 1.70. The van der Waals surface area contributed by atoms with Crippen molar-refractivity contribution >= 4 is 0 Å². The van der Waals surface area contributed by atoms with Crippen LogP contribution in [0.15, 0.2) is 48.5 Å². The molecule has 1 unspecified atom stereocenters. The molecule has 3 heteroatoms. The van der Waals surface area contributed by atoms with E-state index in [-0.39, 0.29) is 12.1 Å². The fraction of sp³-hybridized carbons (Fsp3) is 0.400. The number of hydrogen-bond donors (Lipinski definition) is 2. The van der Waals surface area contributed by atoms with Crippen LogP contribution in [0.1, 0.15) is 25.3 Å². The molecule has 1 atom stereocenters. The first-order valence-electron chi connectivity index (χ1n) is 8.24. The Morgan fingerprint density at radius 2 is 1.83 bits per heavy atom. The molecule has 0 spiro atoms. The van der Waals surface area contributed by atoms with Crippen LogP contribution in [0, 0.1) is 5.92 Å². The number of benzene rings is 2. The van der Waals surface area contributed by atoms with Crippen LogP contribution >= 0.6 is 0 Å². The average Bonchev–Trinajstić information content (AvgIpc) is 3.46. The van der Waals surface area contributed by atoms with Gasteiger partial charge in [0.25, 0.3) is 0 Å². The van der Waals surface area contributed by atoms with Crippen LogP contribution in [0.2, 0.25) is 0 Å². The highest BCUT2D eigenvalue weighted by atomic mass is 16.5. The largest absolute Gasteiger partial charge is 0.496 e. The number of aliphatic hydroxyl groups excluding tert-OH is 1. The normalized spacial score (nSPS) is 16.8. The maximum atomic E-state index is 9.65. The summed E-state index contributed by atoms with van der Waals surface area (Å²) < 4.78 is 5.43. The van der Waals surface area contributed by atoms with Crippen molar-refractivity contribution in [1.29, 1.82) is 0 Å². The van der Waals surface area contributed by atoms with Gasteiger partial charge in [-0.15, -0.1) is 0 Å². The van der Waals surface area contributed by atoms with Gasteiger partial charge in [0.05, 0.1) is 13.7 Å². The Hall–Kier alpha value is -1.84. The lowest BCUT2D eigenvalue weighted by molar-refractivity contribution is 0.153. The molecule has 3 nitrogen and oxygen atoms in total. The van der Waals surface area contributed by atoms with E-state index in [0.29, 0.717) is 5.92 Å². The first kappa shape index (κ1) is 16.0. The molecule has 2 aromatic rings. The van der Waals surface area contributed by atoms with Crippen molar-refractivity contribution in [3.63, 3.8) is 0 Å². The van der Waals surface area contributed by atoms with Crippen molar-refractivity contribution in [3.05, 3.63) is 54.1 Å². The van der Waals surface area contributed by atoms with Crippen LogP contribution in [0.4, 0.5) is 0 Å². The lowest BCUT2D eigenvalue weighted by atomic mass is 9.96. The second-order valence-corrected chi connectivity index (χ2v) is 6.60. The standard InChI is InChI=1S/C20H25NO2/c1-20(14-22,17-11-12-17)21-13-15-7-9-16(10-8-15)18-5-3-4-6-19(18)23-2/h3-10,17,21-22H,11-14H2,1-2H3. The lowest BCUT2D eigenvalue weighted by Gasteiger charge is -2.29. The van der Waals surface area contributed by atoms with Crippen LogP contribution in [0.25, 0.3) is 11.1 Å². The molecule has 0 heterocycles. The van der Waals surface area contributed by atoms with Gasteiger partial charge in [0.1, 0.15) is 5.75 Å². The Morgan fingerprint density at radius 3 is 2.43 bits per heavy atom.